The Balaban J connectivity index is 2.71. The first-order chi connectivity index (χ1) is 9.20. The Bertz CT molecular complexity index is 649. The SMILES string of the molecule is CC1=CC(=O)CC(C)(C)C1(O)c1cc(C)cc(C#N)c1. The van der Waals surface area contributed by atoms with Crippen molar-refractivity contribution in [1.29, 1.82) is 5.26 Å². The molecule has 0 fully saturated rings. The molecule has 1 aromatic rings. The predicted octanol–water partition coefficient (Wildman–Crippen LogP) is 3.00. The van der Waals surface area contributed by atoms with E-state index in [9.17, 15) is 9.90 Å². The normalized spacial score (nSPS) is 25.0. The van der Waals surface area contributed by atoms with Crippen LogP contribution >= 0.6 is 0 Å². The third-order valence-electron chi connectivity index (χ3n) is 4.17. The molecule has 0 radical (unpaired) electrons. The fourth-order valence-corrected chi connectivity index (χ4v) is 3.17. The van der Waals surface area contributed by atoms with Gasteiger partial charge in [-0.05, 0) is 48.8 Å². The molecule has 0 bridgehead atoms. The summed E-state index contributed by atoms with van der Waals surface area (Å²) in [7, 11) is 0. The minimum absolute atomic E-state index is 0.0327. The van der Waals surface area contributed by atoms with Gasteiger partial charge in [0.1, 0.15) is 5.60 Å². The lowest BCUT2D eigenvalue weighted by atomic mass is 9.61. The molecule has 0 aliphatic heterocycles. The van der Waals surface area contributed by atoms with E-state index >= 15 is 0 Å². The molecule has 0 saturated carbocycles. The van der Waals surface area contributed by atoms with Gasteiger partial charge >= 0.3 is 0 Å². The van der Waals surface area contributed by atoms with E-state index in [2.05, 4.69) is 6.07 Å². The Morgan fingerprint density at radius 3 is 2.45 bits per heavy atom. The number of rotatable bonds is 1. The van der Waals surface area contributed by atoms with Gasteiger partial charge in [-0.15, -0.1) is 0 Å². The quantitative estimate of drug-likeness (QED) is 0.852. The maximum Gasteiger partial charge on any atom is 0.156 e. The van der Waals surface area contributed by atoms with Crippen molar-refractivity contribution in [2.75, 3.05) is 0 Å². The third kappa shape index (κ3) is 2.07. The fraction of sp³-hybridized carbons (Fsp3) is 0.412. The van der Waals surface area contributed by atoms with Crippen molar-refractivity contribution in [1.82, 2.24) is 0 Å². The van der Waals surface area contributed by atoms with E-state index in [4.69, 9.17) is 5.26 Å². The van der Waals surface area contributed by atoms with Crippen molar-refractivity contribution in [3.8, 4) is 6.07 Å². The van der Waals surface area contributed by atoms with Crippen LogP contribution in [0.2, 0.25) is 0 Å². The molecule has 0 heterocycles. The van der Waals surface area contributed by atoms with E-state index < -0.39 is 11.0 Å². The zero-order valence-corrected chi connectivity index (χ0v) is 12.3. The number of aryl methyl sites for hydroxylation is 1. The molecule has 2 rings (SSSR count). The van der Waals surface area contributed by atoms with Crippen LogP contribution < -0.4 is 0 Å². The molecule has 0 spiro atoms. The maximum absolute atomic E-state index is 11.8. The van der Waals surface area contributed by atoms with Crippen LogP contribution in [0, 0.1) is 23.7 Å². The Morgan fingerprint density at radius 1 is 1.25 bits per heavy atom. The van der Waals surface area contributed by atoms with Gasteiger partial charge in [0, 0.05) is 11.8 Å². The number of hydrogen-bond acceptors (Lipinski definition) is 3. The molecule has 1 aliphatic carbocycles. The molecule has 0 amide bonds. The lowest BCUT2D eigenvalue weighted by molar-refractivity contribution is -0.124. The van der Waals surface area contributed by atoms with Gasteiger partial charge in [0.05, 0.1) is 11.6 Å². The standard InChI is InChI=1S/C17H19NO2/c1-11-5-13(10-18)8-14(6-11)17(20)12(2)7-15(19)9-16(17,3)4/h5-8,20H,9H2,1-4H3. The van der Waals surface area contributed by atoms with Gasteiger partial charge in [-0.1, -0.05) is 19.9 Å². The van der Waals surface area contributed by atoms with Crippen LogP contribution in [0.15, 0.2) is 29.8 Å². The monoisotopic (exact) mass is 269 g/mol. The molecule has 1 N–H and O–H groups in total. The average molecular weight is 269 g/mol. The van der Waals surface area contributed by atoms with Gasteiger partial charge in [-0.3, -0.25) is 4.79 Å². The Morgan fingerprint density at radius 2 is 1.90 bits per heavy atom. The molecule has 1 aliphatic rings. The van der Waals surface area contributed by atoms with Crippen molar-refractivity contribution < 1.29 is 9.90 Å². The number of carbonyl (C=O) groups excluding carboxylic acids is 1. The van der Waals surface area contributed by atoms with E-state index in [1.165, 1.54) is 6.08 Å². The van der Waals surface area contributed by atoms with Crippen LogP contribution in [0.25, 0.3) is 0 Å². The van der Waals surface area contributed by atoms with E-state index in [1.807, 2.05) is 26.8 Å². The number of carbonyl (C=O) groups is 1. The smallest absolute Gasteiger partial charge is 0.156 e. The lowest BCUT2D eigenvalue weighted by Crippen LogP contribution is -2.47. The summed E-state index contributed by atoms with van der Waals surface area (Å²) in [4.78, 5) is 11.8. The summed E-state index contributed by atoms with van der Waals surface area (Å²) >= 11 is 0. The van der Waals surface area contributed by atoms with Crippen LogP contribution in [-0.2, 0) is 10.4 Å². The molecule has 0 saturated heterocycles. The van der Waals surface area contributed by atoms with Gasteiger partial charge in [0.15, 0.2) is 5.78 Å². The molecule has 0 aromatic heterocycles. The number of hydrogen-bond donors (Lipinski definition) is 1. The molecular formula is C17H19NO2. The highest BCUT2D eigenvalue weighted by molar-refractivity contribution is 5.92. The van der Waals surface area contributed by atoms with Crippen molar-refractivity contribution in [3.63, 3.8) is 0 Å². The summed E-state index contributed by atoms with van der Waals surface area (Å²) in [5.41, 5.74) is 0.928. The number of benzene rings is 1. The molecule has 3 heteroatoms. The number of allylic oxidation sites excluding steroid dienone is 1. The molecular weight excluding hydrogens is 250 g/mol. The second kappa shape index (κ2) is 4.57. The average Bonchev–Trinajstić information content (AvgIpc) is 2.34. The summed E-state index contributed by atoms with van der Waals surface area (Å²) in [5, 5.41) is 20.4. The van der Waals surface area contributed by atoms with Crippen LogP contribution in [0.3, 0.4) is 0 Å². The Kier molecular flexibility index (Phi) is 3.31. The van der Waals surface area contributed by atoms with Gasteiger partial charge in [-0.2, -0.15) is 5.26 Å². The lowest BCUT2D eigenvalue weighted by Gasteiger charge is -2.46. The summed E-state index contributed by atoms with van der Waals surface area (Å²) in [5.74, 6) is 0.0327. The summed E-state index contributed by atoms with van der Waals surface area (Å²) in [6.07, 6.45) is 1.80. The van der Waals surface area contributed by atoms with Gasteiger partial charge in [-0.25, -0.2) is 0 Å². The minimum Gasteiger partial charge on any atom is -0.380 e. The zero-order valence-electron chi connectivity index (χ0n) is 12.3. The first kappa shape index (κ1) is 14.5. The van der Waals surface area contributed by atoms with Gasteiger partial charge < -0.3 is 5.11 Å². The highest BCUT2D eigenvalue weighted by Crippen LogP contribution is 2.50. The number of nitriles is 1. The molecule has 3 nitrogen and oxygen atoms in total. The van der Waals surface area contributed by atoms with E-state index in [0.717, 1.165) is 5.56 Å². The highest BCUT2D eigenvalue weighted by atomic mass is 16.3. The van der Waals surface area contributed by atoms with E-state index in [1.54, 1.807) is 19.1 Å². The van der Waals surface area contributed by atoms with Crippen LogP contribution in [0.4, 0.5) is 0 Å². The molecule has 1 aromatic carbocycles. The first-order valence-corrected chi connectivity index (χ1v) is 6.67. The minimum atomic E-state index is -1.22. The third-order valence-corrected chi connectivity index (χ3v) is 4.17. The second-order valence-corrected chi connectivity index (χ2v) is 6.26. The van der Waals surface area contributed by atoms with E-state index in [0.29, 0.717) is 16.7 Å². The first-order valence-electron chi connectivity index (χ1n) is 6.67. The van der Waals surface area contributed by atoms with Crippen molar-refractivity contribution >= 4 is 5.78 Å². The van der Waals surface area contributed by atoms with Crippen LogP contribution in [0.5, 0.6) is 0 Å². The summed E-state index contributed by atoms with van der Waals surface area (Å²) in [6.45, 7) is 7.44. The molecule has 20 heavy (non-hydrogen) atoms. The van der Waals surface area contributed by atoms with Crippen molar-refractivity contribution in [3.05, 3.63) is 46.5 Å². The second-order valence-electron chi connectivity index (χ2n) is 6.26. The topological polar surface area (TPSA) is 61.1 Å². The van der Waals surface area contributed by atoms with Gasteiger partial charge in [0.2, 0.25) is 0 Å². The van der Waals surface area contributed by atoms with Crippen molar-refractivity contribution in [2.24, 2.45) is 5.41 Å². The van der Waals surface area contributed by atoms with Gasteiger partial charge in [0.25, 0.3) is 0 Å². The molecule has 1 unspecified atom stereocenters. The number of ketones is 1. The number of aliphatic hydroxyl groups is 1. The fourth-order valence-electron chi connectivity index (χ4n) is 3.17. The van der Waals surface area contributed by atoms with Crippen molar-refractivity contribution in [2.45, 2.75) is 39.7 Å². The number of nitrogens with zero attached hydrogens (tertiary/aromatic N) is 1. The van der Waals surface area contributed by atoms with Crippen LogP contribution in [-0.4, -0.2) is 10.9 Å². The van der Waals surface area contributed by atoms with Crippen LogP contribution in [0.1, 0.15) is 43.9 Å². The zero-order chi connectivity index (χ0) is 15.1. The Labute approximate surface area is 119 Å². The molecule has 1 atom stereocenters. The largest absolute Gasteiger partial charge is 0.380 e. The Hall–Kier alpha value is -1.92. The highest BCUT2D eigenvalue weighted by Gasteiger charge is 2.49. The molecule has 104 valence electrons. The maximum atomic E-state index is 11.8. The van der Waals surface area contributed by atoms with E-state index in [-0.39, 0.29) is 12.2 Å². The summed E-state index contributed by atoms with van der Waals surface area (Å²) in [6, 6.07) is 7.50. The summed E-state index contributed by atoms with van der Waals surface area (Å²) < 4.78 is 0. The predicted molar refractivity (Wildman–Crippen MR) is 77.0 cm³/mol.